The van der Waals surface area contributed by atoms with Gasteiger partial charge in [0.2, 0.25) is 16.2 Å². The molecule has 0 aliphatic rings. The molecule has 3 aromatic rings. The molecule has 3 N–H and O–H groups in total. The number of alkyl halides is 1. The van der Waals surface area contributed by atoms with Crippen molar-refractivity contribution in [1.82, 2.24) is 5.32 Å². The van der Waals surface area contributed by atoms with Gasteiger partial charge in [-0.05, 0) is 54.6 Å². The molecule has 0 saturated carbocycles. The second kappa shape index (κ2) is 28.1. The first-order valence-corrected chi connectivity index (χ1v) is 23.0. The molecule has 35 heteroatoms. The first-order chi connectivity index (χ1) is 26.2. The van der Waals surface area contributed by atoms with Crippen LogP contribution in [-0.4, -0.2) is 110 Å². The predicted molar refractivity (Wildman–Crippen MR) is 188 cm³/mol. The number of rotatable bonds is 18. The van der Waals surface area contributed by atoms with Crippen molar-refractivity contribution in [1.29, 1.82) is 0 Å². The van der Waals surface area contributed by atoms with Gasteiger partial charge >= 0.3 is 141 Å². The third-order valence-electron chi connectivity index (χ3n) is 6.75. The molecule has 0 fully saturated rings. The third-order valence-corrected chi connectivity index (χ3v) is 12.6. The summed E-state index contributed by atoms with van der Waals surface area (Å²) in [6.45, 7) is -1.69. The molecule has 2 amide bonds. The second-order valence-electron chi connectivity index (χ2n) is 10.8. The van der Waals surface area contributed by atoms with E-state index in [2.05, 4.69) is 24.9 Å². The summed E-state index contributed by atoms with van der Waals surface area (Å²) in [7, 11) is -23.7. The average Bonchev–Trinajstić information content (AvgIpc) is 3.08. The Bertz CT molecular complexity index is 2680. The number of carboxylic acid groups (broad SMARTS) is 1. The Hall–Kier alpha value is -0.331. The molecule has 3 rings (SSSR count). The predicted octanol–water partition coefficient (Wildman–Crippen LogP) is -13.5. The van der Waals surface area contributed by atoms with Crippen LogP contribution in [0.1, 0.15) is 15.9 Å². The molecule has 0 saturated heterocycles. The third kappa shape index (κ3) is 21.5. The Morgan fingerprint density at radius 1 is 0.726 bits per heavy atom. The number of amides is 2. The number of hydrazone groups is 1. The number of anilines is 2. The van der Waals surface area contributed by atoms with Crippen LogP contribution in [0.15, 0.2) is 84.6 Å². The number of halogens is 1. The number of aromatic carboxylic acids is 1. The van der Waals surface area contributed by atoms with Gasteiger partial charge < -0.3 is 39.3 Å². The van der Waals surface area contributed by atoms with Crippen molar-refractivity contribution < 1.29 is 215 Å². The first kappa shape index (κ1) is 65.9. The SMILES string of the molecule is O=C(NCCS(=O)(=O)CCOS(=O)(=O)[O-])Nc1cc(S(=O)(=O)[O-])cc(NN=C(N=Nc2cc(S(=O)(=O)[O-])ccc2C(=O)[O-])c2ccc(S(=O)(=O)CCCl)cc2)c1[O-].[Cu+2].[Na+].[Na+].[Na+].[Na+]. The van der Waals surface area contributed by atoms with Gasteiger partial charge in [-0.1, -0.05) is 5.75 Å². The number of azo groups is 1. The zero-order valence-corrected chi connectivity index (χ0v) is 46.1. The summed E-state index contributed by atoms with van der Waals surface area (Å²) in [6.07, 6.45) is 0. The topological polar surface area (TPSA) is 403 Å². The minimum Gasteiger partial charge on any atom is -0.870 e. The van der Waals surface area contributed by atoms with Crippen molar-refractivity contribution >= 4 is 96.8 Å². The van der Waals surface area contributed by atoms with E-state index in [0.717, 1.165) is 24.3 Å². The van der Waals surface area contributed by atoms with Crippen molar-refractivity contribution in [3.63, 3.8) is 0 Å². The number of carbonyl (C=O) groups is 2. The van der Waals surface area contributed by atoms with E-state index in [1.807, 2.05) is 10.6 Å². The summed E-state index contributed by atoms with van der Waals surface area (Å²) in [5, 5.41) is 40.0. The van der Waals surface area contributed by atoms with E-state index in [9.17, 15) is 75.5 Å². The Morgan fingerprint density at radius 2 is 1.27 bits per heavy atom. The number of nitrogens with zero attached hydrogens (tertiary/aromatic N) is 3. The van der Waals surface area contributed by atoms with Crippen LogP contribution in [0, 0.1) is 0 Å². The van der Waals surface area contributed by atoms with E-state index in [-0.39, 0.29) is 152 Å². The molecule has 0 spiro atoms. The van der Waals surface area contributed by atoms with Crippen molar-refractivity contribution in [2.24, 2.45) is 15.3 Å². The largest absolute Gasteiger partial charge is 2.00 e. The molecule has 0 aromatic heterocycles. The molecular formula is C27H24ClCuN6Na4O18S5+. The molecule has 62 heavy (non-hydrogen) atoms. The maximum absolute atomic E-state index is 13.3. The van der Waals surface area contributed by atoms with Crippen LogP contribution in [0.25, 0.3) is 0 Å². The van der Waals surface area contributed by atoms with Crippen molar-refractivity contribution in [2.45, 2.75) is 14.7 Å². The Kier molecular flexibility index (Phi) is 29.9. The fraction of sp³-hybridized carbons (Fsp3) is 0.222. The number of amidine groups is 1. The molecule has 0 unspecified atom stereocenters. The molecule has 24 nitrogen and oxygen atoms in total. The standard InChI is InChI=1S/C27H29ClN6O18S5.Cu.4Na/c28-7-10-54(41,42)17-3-1-16(2-4-17)25(33-31-21-13-18(55(43,44)45)5-6-20(21)26(36)37)34-32-23-15-19(56(46,47)48)14-22(24(23)35)30-27(38)29-8-11-53(39,40)12-9-52-57(49,50)51;;;;;/h1-6,13-15,32,35H,7-12H2,(H,36,37)(H2,29,30,38)(H,43,44,45)(H,46,47,48)(H,49,50,51);;;;;/q;+2;4*+1/p-5. The number of benzene rings is 3. The average molecular weight is 1070 g/mol. The van der Waals surface area contributed by atoms with E-state index in [0.29, 0.717) is 30.3 Å². The van der Waals surface area contributed by atoms with E-state index in [1.54, 1.807) is 0 Å². The van der Waals surface area contributed by atoms with Crippen LogP contribution in [-0.2, 0) is 71.6 Å². The summed E-state index contributed by atoms with van der Waals surface area (Å²) >= 11 is 5.55. The normalized spacial score (nSPS) is 12.0. The quantitative estimate of drug-likeness (QED) is 0.0156. The van der Waals surface area contributed by atoms with Crippen LogP contribution in [0.3, 0.4) is 0 Å². The van der Waals surface area contributed by atoms with Crippen molar-refractivity contribution in [3.8, 4) is 5.75 Å². The van der Waals surface area contributed by atoms with Crippen LogP contribution in [0.5, 0.6) is 5.75 Å². The smallest absolute Gasteiger partial charge is 0.870 e. The van der Waals surface area contributed by atoms with Gasteiger partial charge in [0.15, 0.2) is 19.7 Å². The second-order valence-corrected chi connectivity index (χ2v) is 19.4. The van der Waals surface area contributed by atoms with Gasteiger partial charge in [-0.25, -0.2) is 46.9 Å². The van der Waals surface area contributed by atoms with Gasteiger partial charge in [-0.2, -0.15) is 5.10 Å². The number of hydrogen-bond donors (Lipinski definition) is 3. The van der Waals surface area contributed by atoms with E-state index in [4.69, 9.17) is 11.6 Å². The van der Waals surface area contributed by atoms with Gasteiger partial charge in [0.25, 0.3) is 0 Å². The maximum Gasteiger partial charge on any atom is 2.00 e. The van der Waals surface area contributed by atoms with Gasteiger partial charge in [-0.3, -0.25) is 9.61 Å². The first-order valence-electron chi connectivity index (χ1n) is 14.8. The van der Waals surface area contributed by atoms with Gasteiger partial charge in [0, 0.05) is 29.2 Å². The van der Waals surface area contributed by atoms with Crippen LogP contribution < -0.4 is 145 Å². The van der Waals surface area contributed by atoms with E-state index in [1.165, 1.54) is 0 Å². The molecule has 0 bridgehead atoms. The summed E-state index contributed by atoms with van der Waals surface area (Å²) in [6, 6.07) is 5.72. The Morgan fingerprint density at radius 3 is 1.79 bits per heavy atom. The number of carboxylic acids is 1. The zero-order chi connectivity index (χ0) is 43.0. The van der Waals surface area contributed by atoms with Gasteiger partial charge in [-0.15, -0.1) is 21.8 Å². The van der Waals surface area contributed by atoms with Crippen molar-refractivity contribution in [2.75, 3.05) is 47.0 Å². The summed E-state index contributed by atoms with van der Waals surface area (Å²) in [4.78, 5) is 21.8. The molecule has 0 heterocycles. The maximum atomic E-state index is 13.3. The Labute approximate surface area is 459 Å². The number of urea groups is 1. The van der Waals surface area contributed by atoms with Crippen LogP contribution in [0.2, 0.25) is 0 Å². The Balaban J connectivity index is -0.00000696. The monoisotopic (exact) mass is 1070 g/mol. The van der Waals surface area contributed by atoms with Crippen molar-refractivity contribution in [3.05, 3.63) is 65.7 Å². The number of sulfone groups is 2. The minimum atomic E-state index is -5.40. The van der Waals surface area contributed by atoms with Crippen LogP contribution in [0.4, 0.5) is 21.9 Å². The molecule has 0 atom stereocenters. The summed E-state index contributed by atoms with van der Waals surface area (Å²) < 4.78 is 155. The minimum absolute atomic E-state index is 0. The molecule has 3 aromatic carbocycles. The molecule has 0 aliphatic carbocycles. The number of carbonyl (C=O) groups excluding carboxylic acids is 2. The zero-order valence-electron chi connectivity index (χ0n) is 32.3. The van der Waals surface area contributed by atoms with Gasteiger partial charge in [0.1, 0.15) is 20.2 Å². The molecule has 1 radical (unpaired) electrons. The number of hydrogen-bond acceptors (Lipinski definition) is 21. The van der Waals surface area contributed by atoms with Gasteiger partial charge in [0.05, 0.1) is 55.9 Å². The molecule has 0 aliphatic heterocycles. The number of nitrogens with one attached hydrogen (secondary N) is 3. The van der Waals surface area contributed by atoms with E-state index < -0.39 is 137 Å². The summed E-state index contributed by atoms with van der Waals surface area (Å²) in [5.41, 5.74) is -1.37. The molecular weight excluding hydrogens is 1050 g/mol. The fourth-order valence-electron chi connectivity index (χ4n) is 4.09. The fourth-order valence-corrected chi connectivity index (χ4v) is 8.05. The molecule has 321 valence electrons. The van der Waals surface area contributed by atoms with Crippen LogP contribution >= 0.6 is 11.6 Å². The van der Waals surface area contributed by atoms with E-state index >= 15 is 0 Å². The summed E-state index contributed by atoms with van der Waals surface area (Å²) in [5.74, 6) is -6.33.